The van der Waals surface area contributed by atoms with Crippen LogP contribution < -0.4 is 11.1 Å². The Morgan fingerprint density at radius 1 is 1.37 bits per heavy atom. The first-order valence-electron chi connectivity index (χ1n) is 5.76. The molecular weight excluding hydrogens is 306 g/mol. The Hall–Kier alpha value is -1.88. The summed E-state index contributed by atoms with van der Waals surface area (Å²) in [7, 11) is 0. The van der Waals surface area contributed by atoms with Crippen LogP contribution in [0.15, 0.2) is 35.1 Å². The molecule has 19 heavy (non-hydrogen) atoms. The minimum absolute atomic E-state index is 0.181. The summed E-state index contributed by atoms with van der Waals surface area (Å²) >= 11 is 3.35. The van der Waals surface area contributed by atoms with Crippen LogP contribution in [0.1, 0.15) is 21.5 Å². The van der Waals surface area contributed by atoms with E-state index in [4.69, 9.17) is 5.73 Å². The normalized spacial score (nSPS) is 10.3. The lowest BCUT2D eigenvalue weighted by atomic mass is 10.1. The monoisotopic (exact) mass is 319 g/mol. The summed E-state index contributed by atoms with van der Waals surface area (Å²) in [4.78, 5) is 16.3. The predicted octanol–water partition coefficient (Wildman–Crippen LogP) is 3.30. The second-order valence-electron chi connectivity index (χ2n) is 4.31. The minimum Gasteiger partial charge on any atom is -0.398 e. The molecule has 1 amide bonds. The number of nitrogen functional groups attached to an aromatic ring is 1. The molecule has 4 nitrogen and oxygen atoms in total. The first-order valence-corrected chi connectivity index (χ1v) is 6.56. The van der Waals surface area contributed by atoms with Gasteiger partial charge in [0.15, 0.2) is 0 Å². The number of aromatic nitrogens is 1. The van der Waals surface area contributed by atoms with Crippen molar-refractivity contribution in [1.82, 2.24) is 4.98 Å². The molecule has 0 aliphatic rings. The van der Waals surface area contributed by atoms with E-state index in [1.165, 1.54) is 0 Å². The van der Waals surface area contributed by atoms with Gasteiger partial charge in [-0.3, -0.25) is 9.78 Å². The van der Waals surface area contributed by atoms with E-state index >= 15 is 0 Å². The molecule has 0 unspecified atom stereocenters. The SMILES string of the molecule is Cc1cnccc1NC(=O)c1cc(Br)cc(N)c1C. The van der Waals surface area contributed by atoms with E-state index in [-0.39, 0.29) is 5.91 Å². The lowest BCUT2D eigenvalue weighted by Crippen LogP contribution is -2.15. The molecule has 0 aliphatic carbocycles. The molecule has 0 saturated carbocycles. The van der Waals surface area contributed by atoms with Crippen molar-refractivity contribution in [2.24, 2.45) is 0 Å². The molecule has 0 bridgehead atoms. The molecule has 0 radical (unpaired) electrons. The largest absolute Gasteiger partial charge is 0.398 e. The van der Waals surface area contributed by atoms with Crippen LogP contribution >= 0.6 is 15.9 Å². The molecule has 98 valence electrons. The lowest BCUT2D eigenvalue weighted by molar-refractivity contribution is 0.102. The highest BCUT2D eigenvalue weighted by Crippen LogP contribution is 2.24. The molecule has 5 heteroatoms. The molecule has 0 saturated heterocycles. The number of benzene rings is 1. The van der Waals surface area contributed by atoms with Crippen LogP contribution in [0.3, 0.4) is 0 Å². The highest BCUT2D eigenvalue weighted by molar-refractivity contribution is 9.10. The van der Waals surface area contributed by atoms with Gasteiger partial charge in [0.05, 0.1) is 0 Å². The zero-order valence-corrected chi connectivity index (χ0v) is 12.3. The number of halogens is 1. The standard InChI is InChI=1S/C14H14BrN3O/c1-8-7-17-4-3-13(8)18-14(19)11-5-10(15)6-12(16)9(11)2/h3-7H,16H2,1-2H3,(H,17,18,19). The third-order valence-corrected chi connectivity index (χ3v) is 3.38. The quantitative estimate of drug-likeness (QED) is 0.834. The van der Waals surface area contributed by atoms with Crippen LogP contribution in [-0.4, -0.2) is 10.9 Å². The number of hydrogen-bond acceptors (Lipinski definition) is 3. The second kappa shape index (κ2) is 5.40. The van der Waals surface area contributed by atoms with E-state index in [9.17, 15) is 4.79 Å². The lowest BCUT2D eigenvalue weighted by Gasteiger charge is -2.11. The molecule has 0 spiro atoms. The van der Waals surface area contributed by atoms with Crippen molar-refractivity contribution in [1.29, 1.82) is 0 Å². The Balaban J connectivity index is 2.33. The number of anilines is 2. The van der Waals surface area contributed by atoms with Crippen LogP contribution in [0.5, 0.6) is 0 Å². The van der Waals surface area contributed by atoms with Crippen molar-refractivity contribution in [3.63, 3.8) is 0 Å². The second-order valence-corrected chi connectivity index (χ2v) is 5.23. The summed E-state index contributed by atoms with van der Waals surface area (Å²) in [6, 6.07) is 5.31. The average Bonchev–Trinajstić information content (AvgIpc) is 2.36. The Bertz CT molecular complexity index is 641. The van der Waals surface area contributed by atoms with E-state index in [2.05, 4.69) is 26.2 Å². The summed E-state index contributed by atoms with van der Waals surface area (Å²) in [6.07, 6.45) is 3.35. The van der Waals surface area contributed by atoms with Gasteiger partial charge in [0, 0.05) is 33.8 Å². The van der Waals surface area contributed by atoms with E-state index in [1.807, 2.05) is 13.8 Å². The van der Waals surface area contributed by atoms with Crippen LogP contribution in [0.25, 0.3) is 0 Å². The van der Waals surface area contributed by atoms with Crippen molar-refractivity contribution < 1.29 is 4.79 Å². The molecule has 2 rings (SSSR count). The maximum absolute atomic E-state index is 12.3. The summed E-state index contributed by atoms with van der Waals surface area (Å²) in [5, 5.41) is 2.87. The van der Waals surface area contributed by atoms with Crippen LogP contribution in [-0.2, 0) is 0 Å². The summed E-state index contributed by atoms with van der Waals surface area (Å²) < 4.78 is 0.784. The molecular formula is C14H14BrN3O. The van der Waals surface area contributed by atoms with Crippen molar-refractivity contribution in [2.75, 3.05) is 11.1 Å². The number of carbonyl (C=O) groups excluding carboxylic acids is 1. The van der Waals surface area contributed by atoms with Crippen molar-refractivity contribution >= 4 is 33.2 Å². The molecule has 1 aromatic heterocycles. The van der Waals surface area contributed by atoms with Gasteiger partial charge in [-0.1, -0.05) is 15.9 Å². The fourth-order valence-corrected chi connectivity index (χ4v) is 2.21. The number of nitrogens with one attached hydrogen (secondary N) is 1. The van der Waals surface area contributed by atoms with Gasteiger partial charge in [-0.05, 0) is 43.2 Å². The summed E-state index contributed by atoms with van der Waals surface area (Å²) in [5.41, 5.74) is 9.44. The number of carbonyl (C=O) groups is 1. The average molecular weight is 320 g/mol. The minimum atomic E-state index is -0.181. The third-order valence-electron chi connectivity index (χ3n) is 2.93. The van der Waals surface area contributed by atoms with E-state index in [1.54, 1.807) is 30.6 Å². The fraction of sp³-hybridized carbons (Fsp3) is 0.143. The molecule has 0 aliphatic heterocycles. The predicted molar refractivity (Wildman–Crippen MR) is 80.2 cm³/mol. The molecule has 1 heterocycles. The molecule has 3 N–H and O–H groups in total. The highest BCUT2D eigenvalue weighted by Gasteiger charge is 2.13. The van der Waals surface area contributed by atoms with Crippen molar-refractivity contribution in [3.8, 4) is 0 Å². The Labute approximate surface area is 120 Å². The number of hydrogen-bond donors (Lipinski definition) is 2. The van der Waals surface area contributed by atoms with Gasteiger partial charge in [0.2, 0.25) is 0 Å². The number of nitrogens with zero attached hydrogens (tertiary/aromatic N) is 1. The smallest absolute Gasteiger partial charge is 0.256 e. The number of amides is 1. The Morgan fingerprint density at radius 3 is 2.79 bits per heavy atom. The Morgan fingerprint density at radius 2 is 2.11 bits per heavy atom. The molecule has 0 atom stereocenters. The van der Waals surface area contributed by atoms with Gasteiger partial charge in [0.1, 0.15) is 0 Å². The van der Waals surface area contributed by atoms with Gasteiger partial charge in [0.25, 0.3) is 5.91 Å². The first-order chi connectivity index (χ1) is 8.99. The number of pyridine rings is 1. The topological polar surface area (TPSA) is 68.0 Å². The highest BCUT2D eigenvalue weighted by atomic mass is 79.9. The van der Waals surface area contributed by atoms with Crippen molar-refractivity contribution in [3.05, 3.63) is 51.8 Å². The number of rotatable bonds is 2. The summed E-state index contributed by atoms with van der Waals surface area (Å²) in [5.74, 6) is -0.181. The van der Waals surface area contributed by atoms with Gasteiger partial charge < -0.3 is 11.1 Å². The first kappa shape index (κ1) is 13.5. The molecule has 1 aromatic carbocycles. The van der Waals surface area contributed by atoms with Crippen LogP contribution in [0.4, 0.5) is 11.4 Å². The van der Waals surface area contributed by atoms with Crippen LogP contribution in [0, 0.1) is 13.8 Å². The van der Waals surface area contributed by atoms with E-state index in [0.717, 1.165) is 21.3 Å². The van der Waals surface area contributed by atoms with Gasteiger partial charge >= 0.3 is 0 Å². The van der Waals surface area contributed by atoms with E-state index in [0.29, 0.717) is 11.3 Å². The zero-order chi connectivity index (χ0) is 14.0. The fourth-order valence-electron chi connectivity index (χ4n) is 1.74. The van der Waals surface area contributed by atoms with Gasteiger partial charge in [-0.15, -0.1) is 0 Å². The maximum Gasteiger partial charge on any atom is 0.256 e. The number of aryl methyl sites for hydroxylation is 1. The van der Waals surface area contributed by atoms with E-state index < -0.39 is 0 Å². The molecule has 0 fully saturated rings. The van der Waals surface area contributed by atoms with Crippen LogP contribution in [0.2, 0.25) is 0 Å². The van der Waals surface area contributed by atoms with Gasteiger partial charge in [-0.25, -0.2) is 0 Å². The third kappa shape index (κ3) is 2.93. The number of nitrogens with two attached hydrogens (primary N) is 1. The van der Waals surface area contributed by atoms with Gasteiger partial charge in [-0.2, -0.15) is 0 Å². The summed E-state index contributed by atoms with van der Waals surface area (Å²) in [6.45, 7) is 3.72. The maximum atomic E-state index is 12.3. The Kier molecular flexibility index (Phi) is 3.85. The molecule has 2 aromatic rings. The van der Waals surface area contributed by atoms with Crippen molar-refractivity contribution in [2.45, 2.75) is 13.8 Å². The zero-order valence-electron chi connectivity index (χ0n) is 10.7.